The molecule has 2 saturated heterocycles. The van der Waals surface area contributed by atoms with Crippen molar-refractivity contribution in [3.63, 3.8) is 0 Å². The Morgan fingerprint density at radius 2 is 1.87 bits per heavy atom. The third-order valence-electron chi connectivity index (χ3n) is 7.31. The van der Waals surface area contributed by atoms with Gasteiger partial charge in [0.25, 0.3) is 5.91 Å². The summed E-state index contributed by atoms with van der Waals surface area (Å²) in [6, 6.07) is 0.318. The van der Waals surface area contributed by atoms with Crippen LogP contribution in [0.25, 0.3) is 0 Å². The first-order valence-corrected chi connectivity index (χ1v) is 13.0. The molecule has 1 amide bonds. The van der Waals surface area contributed by atoms with E-state index in [1.165, 1.54) is 11.1 Å². The quantitative estimate of drug-likeness (QED) is 0.788. The standard InChI is InChI=1S/C22H31N3O4S/c1-22(2)12-16(5-8-29-22)24-20-19-15-4-3-14(11-15)18(19)17(13-23-20)21(26)25-6-9-30(27,28)10-7-25/h13-16H,3-12H2,1-2H3,(H,23,24). The Balaban J connectivity index is 1.43. The molecule has 2 aliphatic carbocycles. The van der Waals surface area contributed by atoms with Crippen LogP contribution in [0.2, 0.25) is 0 Å². The SMILES string of the molecule is CC1(C)CC(Nc2ncc(C(=O)N3CCS(=O)(=O)CC3)c3c2C2CCC3C2)CCO1. The minimum atomic E-state index is -3.01. The molecular formula is C22H31N3O4S. The lowest BCUT2D eigenvalue weighted by Crippen LogP contribution is -2.44. The number of carbonyl (C=O) groups is 1. The summed E-state index contributed by atoms with van der Waals surface area (Å²) in [7, 11) is -3.01. The number of sulfone groups is 1. The highest BCUT2D eigenvalue weighted by Crippen LogP contribution is 2.56. The van der Waals surface area contributed by atoms with E-state index in [1.807, 2.05) is 0 Å². The fourth-order valence-corrected chi connectivity index (χ4v) is 7.02. The van der Waals surface area contributed by atoms with Crippen LogP contribution < -0.4 is 5.32 Å². The zero-order valence-electron chi connectivity index (χ0n) is 17.8. The van der Waals surface area contributed by atoms with Crippen LogP contribution in [0.4, 0.5) is 5.82 Å². The number of anilines is 1. The van der Waals surface area contributed by atoms with Gasteiger partial charge in [-0.1, -0.05) is 0 Å². The number of hydrogen-bond acceptors (Lipinski definition) is 6. The number of fused-ring (bicyclic) bond motifs is 5. The number of aromatic nitrogens is 1. The first kappa shape index (κ1) is 20.2. The van der Waals surface area contributed by atoms with E-state index in [4.69, 9.17) is 9.72 Å². The maximum Gasteiger partial charge on any atom is 0.255 e. The molecule has 1 aromatic rings. The second-order valence-electron chi connectivity index (χ2n) is 9.94. The molecule has 0 radical (unpaired) electrons. The van der Waals surface area contributed by atoms with Crippen molar-refractivity contribution in [3.8, 4) is 0 Å². The summed E-state index contributed by atoms with van der Waals surface area (Å²) in [5.74, 6) is 1.89. The number of pyridine rings is 1. The van der Waals surface area contributed by atoms with Gasteiger partial charge in [0.2, 0.25) is 0 Å². The molecule has 1 aromatic heterocycles. The van der Waals surface area contributed by atoms with E-state index < -0.39 is 9.84 Å². The molecule has 3 unspecified atom stereocenters. The zero-order valence-corrected chi connectivity index (χ0v) is 18.6. The smallest absolute Gasteiger partial charge is 0.255 e. The predicted octanol–water partition coefficient (Wildman–Crippen LogP) is 2.69. The van der Waals surface area contributed by atoms with E-state index in [0.29, 0.717) is 23.4 Å². The molecule has 0 spiro atoms. The van der Waals surface area contributed by atoms with Crippen LogP contribution in [-0.2, 0) is 14.6 Å². The van der Waals surface area contributed by atoms with Crippen LogP contribution in [0.1, 0.15) is 79.3 Å². The Morgan fingerprint density at radius 3 is 2.57 bits per heavy atom. The summed E-state index contributed by atoms with van der Waals surface area (Å²) in [5, 5.41) is 3.68. The van der Waals surface area contributed by atoms with Crippen molar-refractivity contribution >= 4 is 21.6 Å². The summed E-state index contributed by atoms with van der Waals surface area (Å²) in [6.45, 7) is 5.55. The van der Waals surface area contributed by atoms with E-state index in [1.54, 1.807) is 11.1 Å². The lowest BCUT2D eigenvalue weighted by Gasteiger charge is -2.36. The molecule has 1 saturated carbocycles. The molecule has 4 aliphatic rings. The van der Waals surface area contributed by atoms with E-state index >= 15 is 0 Å². The lowest BCUT2D eigenvalue weighted by atomic mass is 9.88. The van der Waals surface area contributed by atoms with Crippen molar-refractivity contribution in [2.45, 2.75) is 69.4 Å². The van der Waals surface area contributed by atoms with Crippen LogP contribution in [0.5, 0.6) is 0 Å². The van der Waals surface area contributed by atoms with Gasteiger partial charge in [-0.25, -0.2) is 13.4 Å². The van der Waals surface area contributed by atoms with Crippen LogP contribution in [-0.4, -0.2) is 67.1 Å². The van der Waals surface area contributed by atoms with Gasteiger partial charge in [0.05, 0.1) is 22.7 Å². The molecular weight excluding hydrogens is 402 g/mol. The fraction of sp³-hybridized carbons (Fsp3) is 0.727. The Bertz CT molecular complexity index is 961. The third kappa shape index (κ3) is 3.62. The van der Waals surface area contributed by atoms with Gasteiger partial charge >= 0.3 is 0 Å². The van der Waals surface area contributed by atoms with Gasteiger partial charge in [-0.05, 0) is 63.4 Å². The number of amides is 1. The molecule has 1 N–H and O–H groups in total. The lowest BCUT2D eigenvalue weighted by molar-refractivity contribution is -0.0553. The molecule has 7 nitrogen and oxygen atoms in total. The maximum absolute atomic E-state index is 13.3. The van der Waals surface area contributed by atoms with Crippen LogP contribution in [0, 0.1) is 0 Å². The minimum absolute atomic E-state index is 0.0551. The van der Waals surface area contributed by atoms with E-state index in [-0.39, 0.29) is 36.1 Å². The van der Waals surface area contributed by atoms with Crippen LogP contribution in [0.15, 0.2) is 6.20 Å². The molecule has 3 atom stereocenters. The first-order chi connectivity index (χ1) is 14.2. The topological polar surface area (TPSA) is 88.6 Å². The minimum Gasteiger partial charge on any atom is -0.375 e. The van der Waals surface area contributed by atoms with Gasteiger partial charge in [0.1, 0.15) is 5.82 Å². The molecule has 3 fully saturated rings. The Kier molecular flexibility index (Phi) is 4.85. The largest absolute Gasteiger partial charge is 0.375 e. The van der Waals surface area contributed by atoms with E-state index in [2.05, 4.69) is 19.2 Å². The van der Waals surface area contributed by atoms with Crippen molar-refractivity contribution in [1.29, 1.82) is 0 Å². The molecule has 30 heavy (non-hydrogen) atoms. The molecule has 0 aromatic carbocycles. The number of hydrogen-bond donors (Lipinski definition) is 1. The van der Waals surface area contributed by atoms with Gasteiger partial charge < -0.3 is 15.0 Å². The highest BCUT2D eigenvalue weighted by Gasteiger charge is 2.43. The molecule has 8 heteroatoms. The number of rotatable bonds is 3. The number of nitrogens with one attached hydrogen (secondary N) is 1. The van der Waals surface area contributed by atoms with Crippen molar-refractivity contribution < 1.29 is 17.9 Å². The molecule has 5 rings (SSSR count). The van der Waals surface area contributed by atoms with Crippen molar-refractivity contribution in [2.75, 3.05) is 36.5 Å². The Morgan fingerprint density at radius 1 is 1.17 bits per heavy atom. The van der Waals surface area contributed by atoms with Crippen molar-refractivity contribution in [2.24, 2.45) is 0 Å². The Labute approximate surface area is 178 Å². The average Bonchev–Trinajstić information content (AvgIpc) is 3.30. The highest BCUT2D eigenvalue weighted by molar-refractivity contribution is 7.91. The monoisotopic (exact) mass is 433 g/mol. The normalized spacial score (nSPS) is 31.4. The second kappa shape index (κ2) is 7.19. The van der Waals surface area contributed by atoms with Crippen LogP contribution >= 0.6 is 0 Å². The maximum atomic E-state index is 13.3. The van der Waals surface area contributed by atoms with Crippen molar-refractivity contribution in [3.05, 3.63) is 22.9 Å². The van der Waals surface area contributed by atoms with E-state index in [9.17, 15) is 13.2 Å². The number of carbonyl (C=O) groups excluding carboxylic acids is 1. The third-order valence-corrected chi connectivity index (χ3v) is 8.92. The molecule has 3 heterocycles. The summed E-state index contributed by atoms with van der Waals surface area (Å²) in [6.07, 6.45) is 7.01. The summed E-state index contributed by atoms with van der Waals surface area (Å²) < 4.78 is 29.4. The van der Waals surface area contributed by atoms with Gasteiger partial charge in [0, 0.05) is 37.5 Å². The highest BCUT2D eigenvalue weighted by atomic mass is 32.2. The number of ether oxygens (including phenoxy) is 1. The van der Waals surface area contributed by atoms with E-state index in [0.717, 1.165) is 44.5 Å². The van der Waals surface area contributed by atoms with Gasteiger partial charge in [0.15, 0.2) is 9.84 Å². The summed E-state index contributed by atoms with van der Waals surface area (Å²) in [4.78, 5) is 19.7. The van der Waals surface area contributed by atoms with Gasteiger partial charge in [-0.2, -0.15) is 0 Å². The van der Waals surface area contributed by atoms with Gasteiger partial charge in [-0.3, -0.25) is 4.79 Å². The van der Waals surface area contributed by atoms with Crippen LogP contribution in [0.3, 0.4) is 0 Å². The second-order valence-corrected chi connectivity index (χ2v) is 12.2. The average molecular weight is 434 g/mol. The Hall–Kier alpha value is -1.67. The van der Waals surface area contributed by atoms with Gasteiger partial charge in [-0.15, -0.1) is 0 Å². The molecule has 2 bridgehead atoms. The first-order valence-electron chi connectivity index (χ1n) is 11.2. The summed E-state index contributed by atoms with van der Waals surface area (Å²) >= 11 is 0. The zero-order chi connectivity index (χ0) is 21.1. The summed E-state index contributed by atoms with van der Waals surface area (Å²) in [5.41, 5.74) is 2.97. The number of nitrogens with zero attached hydrogens (tertiary/aromatic N) is 2. The fourth-order valence-electron chi connectivity index (χ4n) is 5.82. The predicted molar refractivity (Wildman–Crippen MR) is 115 cm³/mol. The van der Waals surface area contributed by atoms with Crippen molar-refractivity contribution in [1.82, 2.24) is 9.88 Å². The molecule has 164 valence electrons. The molecule has 2 aliphatic heterocycles.